The second kappa shape index (κ2) is 72.7. The highest BCUT2D eigenvalue weighted by Crippen LogP contribution is 2.31. The normalized spacial score (nSPS) is 11.1. The van der Waals surface area contributed by atoms with Crippen LogP contribution in [0.15, 0.2) is 192 Å². The van der Waals surface area contributed by atoms with Crippen molar-refractivity contribution in [3.8, 4) is 0 Å². The molecule has 0 unspecified atom stereocenters. The van der Waals surface area contributed by atoms with Crippen LogP contribution >= 0.6 is 0 Å². The van der Waals surface area contributed by atoms with Gasteiger partial charge in [-0.3, -0.25) is 4.79 Å². The molecule has 1 heterocycles. The number of unbranched alkanes of at least 4 members (excludes halogenated alkanes) is 9. The van der Waals surface area contributed by atoms with E-state index in [1.165, 1.54) is 6.92 Å². The molecule has 0 fully saturated rings. The van der Waals surface area contributed by atoms with Crippen LogP contribution in [0.1, 0.15) is 90.4 Å². The van der Waals surface area contributed by atoms with E-state index in [4.69, 9.17) is 99.5 Å². The summed E-state index contributed by atoms with van der Waals surface area (Å²) in [5, 5.41) is 7.74. The number of aromatic nitrogens is 3. The number of nitrogens with one attached hydrogen (secondary N) is 3. The predicted octanol–water partition coefficient (Wildman–Crippen LogP) is 5.16. The molecule has 0 aromatic carbocycles. The maximum absolute atomic E-state index is 14.4. The van der Waals surface area contributed by atoms with E-state index in [1.54, 1.807) is 0 Å². The molecular weight excluding hydrogens is 1950 g/mol. The number of nitrogens with zero attached hydrogens (tertiary/aromatic N) is 3. The molecule has 3 N–H and O–H groups in total. The first kappa shape index (κ1) is 130. The monoisotopic (exact) mass is 2080 g/mol. The van der Waals surface area contributed by atoms with E-state index in [0.29, 0.717) is 38.5 Å². The van der Waals surface area contributed by atoms with Crippen molar-refractivity contribution in [1.29, 1.82) is 0 Å². The standard InChI is InChI=1S/C99H134N6O42/c1-16-73(106)130-55-94(56-131-74(107)17-2,57-132-75(108)18-3)49-127-52-97(64-139-82(115)25-10,65-140-83(116)26-11)70-145-88(121)100-43-37-31-34-40-46-103-91(124)104(47-41-35-32-38-44-101-89(122)146-71-98(66-141-84(117)27-12,67-142-85(118)28-13)53-128-50-95(58-133-76(109)19-4,59-134-77(110)20-5)60-135-78(111)21-6)93(126)105(92(103)125)48-42-36-33-39-45-102-90(123)147-72-99(68-143-86(119)29-14,69-144-87(120)30-15)54-129-51-96(61-136-79(112)22-7,62-137-80(113)23-8)63-138-81(114)24-9/h16-23,25-30H,1-8,10-15,24,31-72H2,9H3,(H,100,121)(H,101,122)(H,102,123). The molecule has 0 aliphatic rings. The third kappa shape index (κ3) is 53.6. The molecule has 3 amide bonds. The van der Waals surface area contributed by atoms with Gasteiger partial charge in [0.25, 0.3) is 0 Å². The van der Waals surface area contributed by atoms with Gasteiger partial charge in [-0.2, -0.15) is 0 Å². The molecule has 48 heteroatoms. The van der Waals surface area contributed by atoms with Crippen LogP contribution < -0.4 is 33.0 Å². The molecule has 1 rings (SSSR count). The Labute approximate surface area is 849 Å². The van der Waals surface area contributed by atoms with Gasteiger partial charge >= 0.3 is 125 Å². The Morgan fingerprint density at radius 1 is 0.204 bits per heavy atom. The lowest BCUT2D eigenvalue weighted by Gasteiger charge is -2.35. The van der Waals surface area contributed by atoms with Gasteiger partial charge in [-0.25, -0.2) is 110 Å². The molecule has 0 aliphatic heterocycles. The Morgan fingerprint density at radius 3 is 0.483 bits per heavy atom. The van der Waals surface area contributed by atoms with Gasteiger partial charge in [0.15, 0.2) is 0 Å². The quantitative estimate of drug-likeness (QED) is 0.0328. The van der Waals surface area contributed by atoms with Gasteiger partial charge in [-0.05, 0) is 38.5 Å². The van der Waals surface area contributed by atoms with Crippen molar-refractivity contribution in [3.05, 3.63) is 209 Å². The summed E-state index contributed by atoms with van der Waals surface area (Å²) >= 11 is 0. The number of carbonyl (C=O) groups excluding carboxylic acids is 18. The van der Waals surface area contributed by atoms with Gasteiger partial charge in [-0.1, -0.05) is 138 Å². The summed E-state index contributed by atoms with van der Waals surface area (Å²) < 4.78 is 118. The Morgan fingerprint density at radius 2 is 0.340 bits per heavy atom. The molecule has 0 aliphatic carbocycles. The number of amides is 3. The van der Waals surface area contributed by atoms with Crippen molar-refractivity contribution in [2.45, 2.75) is 110 Å². The number of hydrogen-bond donors (Lipinski definition) is 3. The predicted molar refractivity (Wildman–Crippen MR) is 517 cm³/mol. The van der Waals surface area contributed by atoms with E-state index >= 15 is 0 Å². The highest BCUT2D eigenvalue weighted by molar-refractivity contribution is 5.86. The van der Waals surface area contributed by atoms with Gasteiger partial charge in [0.2, 0.25) is 0 Å². The van der Waals surface area contributed by atoms with Crippen LogP contribution in [0.25, 0.3) is 0 Å². The van der Waals surface area contributed by atoms with Crippen molar-refractivity contribution in [1.82, 2.24) is 29.7 Å². The number of esters is 15. The van der Waals surface area contributed by atoms with E-state index in [2.05, 4.69) is 108 Å². The Balaban J connectivity index is 3.77. The fourth-order valence-corrected chi connectivity index (χ4v) is 12.1. The lowest BCUT2D eigenvalue weighted by molar-refractivity contribution is -0.171. The van der Waals surface area contributed by atoms with Crippen molar-refractivity contribution in [2.75, 3.05) is 178 Å². The largest absolute Gasteiger partial charge is 0.465 e. The minimum absolute atomic E-state index is 0.0368. The van der Waals surface area contributed by atoms with Gasteiger partial charge < -0.3 is 115 Å². The average molecular weight is 2080 g/mol. The van der Waals surface area contributed by atoms with Crippen molar-refractivity contribution < 1.29 is 186 Å². The molecule has 0 saturated heterocycles. The van der Waals surface area contributed by atoms with Crippen LogP contribution in [0.5, 0.6) is 0 Å². The van der Waals surface area contributed by atoms with Gasteiger partial charge in [0, 0.05) is 131 Å². The summed E-state index contributed by atoms with van der Waals surface area (Å²) in [7, 11) is 0. The minimum Gasteiger partial charge on any atom is -0.465 e. The Kier molecular flexibility index (Phi) is 64.1. The molecule has 147 heavy (non-hydrogen) atoms. The molecule has 0 spiro atoms. The fraction of sp³-hybridized carbons (Fsp3) is 0.505. The first-order valence-corrected chi connectivity index (χ1v) is 45.8. The molecule has 1 aromatic rings. The SMILES string of the molecule is C=CC(=O)OCC(COCC(COC(=O)C=C)(COC(=O)C=C)COC(=O)NCCCCCCn1c(=O)n(CCCCCCNC(=O)OCC(COCC(COC(=O)C=C)(COC(=O)C=C)COC(=O)C=C)(COC(=O)C=C)COC(=O)C=C)c(=O)n(CCCCCCNC(=O)OCC(COCC(COC(=O)C=C)(COC(=O)C=C)COC(=O)CC)(COC(=O)C=C)COC(=O)C=C)c1=O)(COC(=O)C=C)COC(=O)C=C. The lowest BCUT2D eigenvalue weighted by Crippen LogP contribution is -2.54. The van der Waals surface area contributed by atoms with E-state index in [-0.39, 0.29) is 84.2 Å². The number of carbonyl (C=O) groups is 18. The highest BCUT2D eigenvalue weighted by Gasteiger charge is 2.45. The number of rotatable bonds is 84. The van der Waals surface area contributed by atoms with Crippen LogP contribution in [0, 0.1) is 32.5 Å². The molecule has 812 valence electrons. The second-order valence-corrected chi connectivity index (χ2v) is 32.9. The highest BCUT2D eigenvalue weighted by atomic mass is 16.6. The summed E-state index contributed by atoms with van der Waals surface area (Å²) in [6.45, 7) is 32.8. The summed E-state index contributed by atoms with van der Waals surface area (Å²) in [5.74, 6) is -14.0. The molecular formula is C99H134N6O42. The van der Waals surface area contributed by atoms with Gasteiger partial charge in [0.1, 0.15) is 119 Å². The van der Waals surface area contributed by atoms with Crippen LogP contribution in [-0.2, 0) is 191 Å². The first-order valence-electron chi connectivity index (χ1n) is 45.8. The number of ether oxygens (including phenoxy) is 21. The Bertz CT molecular complexity index is 4430. The lowest BCUT2D eigenvalue weighted by atomic mass is 9.90. The molecule has 48 nitrogen and oxygen atoms in total. The zero-order valence-corrected chi connectivity index (χ0v) is 82.9. The summed E-state index contributed by atoms with van der Waals surface area (Å²) in [4.78, 5) is 270. The van der Waals surface area contributed by atoms with Crippen LogP contribution in [0.4, 0.5) is 14.4 Å². The third-order valence-corrected chi connectivity index (χ3v) is 20.5. The maximum Gasteiger partial charge on any atom is 0.407 e. The van der Waals surface area contributed by atoms with E-state index in [9.17, 15) is 101 Å². The van der Waals surface area contributed by atoms with Crippen molar-refractivity contribution in [2.24, 2.45) is 32.5 Å². The third-order valence-electron chi connectivity index (χ3n) is 20.5. The van der Waals surface area contributed by atoms with Crippen LogP contribution in [0.2, 0.25) is 0 Å². The minimum atomic E-state index is -1.76. The first-order chi connectivity index (χ1) is 70.1. The van der Waals surface area contributed by atoms with E-state index in [1.807, 2.05) is 0 Å². The van der Waals surface area contributed by atoms with Gasteiger partial charge in [0.05, 0.1) is 72.1 Å². The smallest absolute Gasteiger partial charge is 0.407 e. The summed E-state index contributed by atoms with van der Waals surface area (Å²) in [6, 6.07) is 0. The molecule has 0 atom stereocenters. The van der Waals surface area contributed by atoms with Crippen molar-refractivity contribution >= 4 is 108 Å². The zero-order chi connectivity index (χ0) is 110. The van der Waals surface area contributed by atoms with Crippen LogP contribution in [-0.4, -0.2) is 300 Å². The summed E-state index contributed by atoms with van der Waals surface area (Å²) in [5.41, 5.74) is -13.1. The summed E-state index contributed by atoms with van der Waals surface area (Å²) in [6.07, 6.45) is 11.7. The Hall–Kier alpha value is -15.5. The van der Waals surface area contributed by atoms with Crippen LogP contribution in [0.3, 0.4) is 0 Å². The zero-order valence-electron chi connectivity index (χ0n) is 82.9. The molecule has 1 aromatic heterocycles. The fourth-order valence-electron chi connectivity index (χ4n) is 12.1. The average Bonchev–Trinajstić information content (AvgIpc) is 0.781. The molecule has 0 radical (unpaired) electrons. The van der Waals surface area contributed by atoms with Gasteiger partial charge in [-0.15, -0.1) is 0 Å². The van der Waals surface area contributed by atoms with E-state index in [0.717, 1.165) is 98.8 Å². The van der Waals surface area contributed by atoms with E-state index < -0.39 is 316 Å². The molecule has 0 saturated carbocycles. The van der Waals surface area contributed by atoms with Crippen molar-refractivity contribution in [3.63, 3.8) is 0 Å². The maximum atomic E-state index is 14.4. The topological polar surface area (TPSA) is 603 Å². The number of hydrogen-bond acceptors (Lipinski definition) is 42. The number of alkyl carbamates (subject to hydrolysis) is 3. The second-order valence-electron chi connectivity index (χ2n) is 32.9. The molecule has 0 bridgehead atoms.